The molecule has 2 heterocycles. The van der Waals surface area contributed by atoms with Gasteiger partial charge in [0.15, 0.2) is 0 Å². The maximum atomic E-state index is 13.4. The number of benzene rings is 2. The SMILES string of the molecule is COCCCN1C(=O)C(c2ccc(C)cc2)=C(N2CCN(c3cccc(C)c3)CC2)C1=O. The van der Waals surface area contributed by atoms with Gasteiger partial charge in [0.2, 0.25) is 0 Å². The summed E-state index contributed by atoms with van der Waals surface area (Å²) in [5.74, 6) is -0.392. The number of amides is 2. The Morgan fingerprint density at radius 2 is 1.53 bits per heavy atom. The molecule has 2 amide bonds. The molecule has 2 aromatic carbocycles. The number of ether oxygens (including phenoxy) is 1. The van der Waals surface area contributed by atoms with Gasteiger partial charge in [-0.3, -0.25) is 14.5 Å². The highest BCUT2D eigenvalue weighted by molar-refractivity contribution is 6.35. The lowest BCUT2D eigenvalue weighted by molar-refractivity contribution is -0.137. The van der Waals surface area contributed by atoms with E-state index in [0.717, 1.165) is 24.2 Å². The van der Waals surface area contributed by atoms with Gasteiger partial charge in [-0.05, 0) is 43.5 Å². The van der Waals surface area contributed by atoms with Crippen molar-refractivity contribution in [2.45, 2.75) is 20.3 Å². The number of piperazine rings is 1. The molecule has 0 atom stereocenters. The number of aryl methyl sites for hydroxylation is 2. The first-order chi connectivity index (χ1) is 15.5. The van der Waals surface area contributed by atoms with Crippen molar-refractivity contribution in [1.29, 1.82) is 0 Å². The van der Waals surface area contributed by atoms with Gasteiger partial charge in [0.1, 0.15) is 5.70 Å². The molecule has 6 heteroatoms. The monoisotopic (exact) mass is 433 g/mol. The third kappa shape index (κ3) is 4.41. The molecule has 0 aromatic heterocycles. The van der Waals surface area contributed by atoms with Gasteiger partial charge >= 0.3 is 0 Å². The van der Waals surface area contributed by atoms with Gasteiger partial charge < -0.3 is 14.5 Å². The Balaban J connectivity index is 1.60. The molecule has 0 aliphatic carbocycles. The summed E-state index contributed by atoms with van der Waals surface area (Å²) in [6, 6.07) is 16.3. The number of rotatable bonds is 7. The zero-order chi connectivity index (χ0) is 22.7. The van der Waals surface area contributed by atoms with Crippen LogP contribution >= 0.6 is 0 Å². The summed E-state index contributed by atoms with van der Waals surface area (Å²) in [7, 11) is 1.63. The summed E-state index contributed by atoms with van der Waals surface area (Å²) >= 11 is 0. The van der Waals surface area contributed by atoms with Gasteiger partial charge in [-0.15, -0.1) is 0 Å². The summed E-state index contributed by atoms with van der Waals surface area (Å²) < 4.78 is 5.12. The van der Waals surface area contributed by atoms with Crippen molar-refractivity contribution in [3.8, 4) is 0 Å². The normalized spacial score (nSPS) is 17.0. The molecule has 4 rings (SSSR count). The van der Waals surface area contributed by atoms with E-state index in [1.165, 1.54) is 16.2 Å². The van der Waals surface area contributed by atoms with Crippen molar-refractivity contribution >= 4 is 23.1 Å². The fourth-order valence-corrected chi connectivity index (χ4v) is 4.42. The zero-order valence-electron chi connectivity index (χ0n) is 19.1. The van der Waals surface area contributed by atoms with E-state index >= 15 is 0 Å². The highest BCUT2D eigenvalue weighted by atomic mass is 16.5. The second kappa shape index (κ2) is 9.57. The van der Waals surface area contributed by atoms with E-state index in [0.29, 0.717) is 43.9 Å². The molecule has 168 valence electrons. The van der Waals surface area contributed by atoms with Crippen LogP contribution in [-0.4, -0.2) is 68.1 Å². The van der Waals surface area contributed by atoms with Crippen molar-refractivity contribution in [3.05, 3.63) is 70.9 Å². The third-order valence-corrected chi connectivity index (χ3v) is 6.18. The topological polar surface area (TPSA) is 53.1 Å². The Kier molecular flexibility index (Phi) is 6.61. The summed E-state index contributed by atoms with van der Waals surface area (Å²) in [6.07, 6.45) is 0.629. The molecule has 2 aliphatic rings. The van der Waals surface area contributed by atoms with Crippen LogP contribution in [0.15, 0.2) is 54.2 Å². The van der Waals surface area contributed by atoms with Gasteiger partial charge in [-0.25, -0.2) is 0 Å². The quantitative estimate of drug-likeness (QED) is 0.496. The van der Waals surface area contributed by atoms with Crippen molar-refractivity contribution < 1.29 is 14.3 Å². The molecule has 0 bridgehead atoms. The summed E-state index contributed by atoms with van der Waals surface area (Å²) in [5.41, 5.74) is 5.43. The molecule has 0 spiro atoms. The van der Waals surface area contributed by atoms with Crippen LogP contribution in [0.4, 0.5) is 5.69 Å². The van der Waals surface area contributed by atoms with Crippen LogP contribution in [0.25, 0.3) is 5.57 Å². The zero-order valence-corrected chi connectivity index (χ0v) is 19.1. The van der Waals surface area contributed by atoms with Gasteiger partial charge in [0.05, 0.1) is 5.57 Å². The smallest absolute Gasteiger partial charge is 0.277 e. The Morgan fingerprint density at radius 3 is 2.19 bits per heavy atom. The molecule has 0 radical (unpaired) electrons. The van der Waals surface area contributed by atoms with Crippen LogP contribution in [0, 0.1) is 13.8 Å². The van der Waals surface area contributed by atoms with Gasteiger partial charge in [0, 0.05) is 52.1 Å². The lowest BCUT2D eigenvalue weighted by atomic mass is 10.0. The number of hydrogen-bond acceptors (Lipinski definition) is 5. The van der Waals surface area contributed by atoms with Crippen molar-refractivity contribution in [2.75, 3.05) is 51.3 Å². The number of hydrogen-bond donors (Lipinski definition) is 0. The Morgan fingerprint density at radius 1 is 0.844 bits per heavy atom. The first-order valence-electron chi connectivity index (χ1n) is 11.2. The highest BCUT2D eigenvalue weighted by Gasteiger charge is 2.41. The predicted octanol–water partition coefficient (Wildman–Crippen LogP) is 3.24. The van der Waals surface area contributed by atoms with Gasteiger partial charge in [-0.2, -0.15) is 0 Å². The Bertz CT molecular complexity index is 1020. The van der Waals surface area contributed by atoms with Crippen molar-refractivity contribution in [3.63, 3.8) is 0 Å². The van der Waals surface area contributed by atoms with E-state index in [2.05, 4.69) is 41.0 Å². The van der Waals surface area contributed by atoms with Gasteiger partial charge in [-0.1, -0.05) is 42.0 Å². The predicted molar refractivity (Wildman–Crippen MR) is 126 cm³/mol. The first-order valence-corrected chi connectivity index (χ1v) is 11.2. The summed E-state index contributed by atoms with van der Waals surface area (Å²) in [5, 5.41) is 0. The molecule has 2 aromatic rings. The minimum atomic E-state index is -0.203. The van der Waals surface area contributed by atoms with E-state index < -0.39 is 0 Å². The molecule has 2 aliphatic heterocycles. The van der Waals surface area contributed by atoms with Crippen LogP contribution in [-0.2, 0) is 14.3 Å². The molecule has 6 nitrogen and oxygen atoms in total. The van der Waals surface area contributed by atoms with Crippen LogP contribution < -0.4 is 4.90 Å². The maximum absolute atomic E-state index is 13.4. The fraction of sp³-hybridized carbons (Fsp3) is 0.385. The van der Waals surface area contributed by atoms with E-state index in [1.54, 1.807) is 7.11 Å². The summed E-state index contributed by atoms with van der Waals surface area (Å²) in [6.45, 7) is 8.00. The second-order valence-electron chi connectivity index (χ2n) is 8.51. The minimum Gasteiger partial charge on any atom is -0.385 e. The van der Waals surface area contributed by atoms with Crippen LogP contribution in [0.3, 0.4) is 0 Å². The van der Waals surface area contributed by atoms with Gasteiger partial charge in [0.25, 0.3) is 11.8 Å². The fourth-order valence-electron chi connectivity index (χ4n) is 4.42. The number of carbonyl (C=O) groups is 2. The molecule has 32 heavy (non-hydrogen) atoms. The van der Waals surface area contributed by atoms with Crippen LogP contribution in [0.1, 0.15) is 23.1 Å². The highest BCUT2D eigenvalue weighted by Crippen LogP contribution is 2.33. The molecule has 0 unspecified atom stereocenters. The lowest BCUT2D eigenvalue weighted by Crippen LogP contribution is -2.47. The number of carbonyl (C=O) groups excluding carboxylic acids is 2. The Hall–Kier alpha value is -3.12. The van der Waals surface area contributed by atoms with Crippen molar-refractivity contribution in [1.82, 2.24) is 9.80 Å². The molecular formula is C26H31N3O3. The molecule has 1 fully saturated rings. The average Bonchev–Trinajstić information content (AvgIpc) is 3.05. The number of nitrogens with zero attached hydrogens (tertiary/aromatic N) is 3. The number of methoxy groups -OCH3 is 1. The molecule has 0 saturated carbocycles. The number of anilines is 1. The molecule has 1 saturated heterocycles. The average molecular weight is 434 g/mol. The summed E-state index contributed by atoms with van der Waals surface area (Å²) in [4.78, 5) is 32.6. The second-order valence-corrected chi connectivity index (χ2v) is 8.51. The maximum Gasteiger partial charge on any atom is 0.277 e. The third-order valence-electron chi connectivity index (χ3n) is 6.18. The molecule has 0 N–H and O–H groups in total. The van der Waals surface area contributed by atoms with E-state index in [-0.39, 0.29) is 11.8 Å². The first kappa shape index (κ1) is 22.1. The lowest BCUT2D eigenvalue weighted by Gasteiger charge is -2.37. The standard InChI is InChI=1S/C26H31N3O3/c1-19-8-10-21(11-9-19)23-24(26(31)29(25(23)30)12-5-17-32-3)28-15-13-27(14-16-28)22-7-4-6-20(2)18-22/h4,6-11,18H,5,12-17H2,1-3H3. The van der Waals surface area contributed by atoms with Crippen LogP contribution in [0.5, 0.6) is 0 Å². The largest absolute Gasteiger partial charge is 0.385 e. The van der Waals surface area contributed by atoms with Crippen molar-refractivity contribution in [2.24, 2.45) is 0 Å². The number of imide groups is 1. The van der Waals surface area contributed by atoms with E-state index in [1.807, 2.05) is 31.2 Å². The van der Waals surface area contributed by atoms with Crippen LogP contribution in [0.2, 0.25) is 0 Å². The van der Waals surface area contributed by atoms with E-state index in [9.17, 15) is 9.59 Å². The Labute approximate surface area is 190 Å². The minimum absolute atomic E-state index is 0.189. The molecular weight excluding hydrogens is 402 g/mol. The van der Waals surface area contributed by atoms with E-state index in [4.69, 9.17) is 4.74 Å².